The molecule has 0 aliphatic rings. The minimum Gasteiger partial charge on any atom is -0.396 e. The molecule has 0 radical (unpaired) electrons. The lowest BCUT2D eigenvalue weighted by Crippen LogP contribution is -2.33. The highest BCUT2D eigenvalue weighted by atomic mass is 31.0. The van der Waals surface area contributed by atoms with Crippen molar-refractivity contribution in [1.29, 1.82) is 0 Å². The molecule has 4 heteroatoms. The number of hydrogen-bond acceptors (Lipinski definition) is 3. The van der Waals surface area contributed by atoms with Gasteiger partial charge in [-0.15, -0.1) is 0 Å². The number of hydrogen-bond donors (Lipinski definition) is 3. The van der Waals surface area contributed by atoms with Crippen molar-refractivity contribution in [2.75, 3.05) is 6.61 Å². The second-order valence-electron chi connectivity index (χ2n) is 3.05. The number of aliphatic hydroxyl groups excluding tert-OH is 2. The summed E-state index contributed by atoms with van der Waals surface area (Å²) in [5.41, 5.74) is 0. The van der Waals surface area contributed by atoms with E-state index in [0.29, 0.717) is 6.42 Å². The zero-order valence-corrected chi connectivity index (χ0v) is 8.27. The minimum absolute atomic E-state index is 0.0639. The molecule has 1 unspecified atom stereocenters. The van der Waals surface area contributed by atoms with E-state index in [0.717, 1.165) is 0 Å². The first-order valence-corrected chi connectivity index (χ1v) is 4.44. The molecule has 4 atom stereocenters. The van der Waals surface area contributed by atoms with Crippen molar-refractivity contribution in [3.05, 3.63) is 0 Å². The Morgan fingerprint density at radius 2 is 2.00 bits per heavy atom. The standard InChI is InChI=1S/C7H18NO2P/c1-5(4-9)3-7(10)6(2)8-11/h5-10H,3-4,11H2,1-2H3/t5-,6+,7+/m1/s1. The van der Waals surface area contributed by atoms with Gasteiger partial charge in [-0.05, 0) is 19.3 Å². The first kappa shape index (κ1) is 11.3. The Balaban J connectivity index is 3.58. The van der Waals surface area contributed by atoms with Gasteiger partial charge in [-0.2, -0.15) is 0 Å². The second-order valence-corrected chi connectivity index (χ2v) is 3.38. The SMILES string of the molecule is C[C@@H](CO)C[C@H](O)[C@H](C)NP. The van der Waals surface area contributed by atoms with Crippen LogP contribution in [0.3, 0.4) is 0 Å². The van der Waals surface area contributed by atoms with E-state index in [2.05, 4.69) is 14.5 Å². The van der Waals surface area contributed by atoms with Crippen LogP contribution in [0.1, 0.15) is 20.3 Å². The summed E-state index contributed by atoms with van der Waals surface area (Å²) in [6.07, 6.45) is 0.258. The Labute approximate surface area is 70.5 Å². The van der Waals surface area contributed by atoms with Gasteiger partial charge in [-0.25, -0.2) is 0 Å². The van der Waals surface area contributed by atoms with Gasteiger partial charge in [-0.1, -0.05) is 16.3 Å². The van der Waals surface area contributed by atoms with Gasteiger partial charge in [0, 0.05) is 12.6 Å². The van der Waals surface area contributed by atoms with Crippen LogP contribution in [0.25, 0.3) is 0 Å². The van der Waals surface area contributed by atoms with E-state index in [-0.39, 0.29) is 24.7 Å². The van der Waals surface area contributed by atoms with Gasteiger partial charge in [0.15, 0.2) is 0 Å². The molecule has 0 aromatic rings. The van der Waals surface area contributed by atoms with Crippen LogP contribution in [0.5, 0.6) is 0 Å². The summed E-state index contributed by atoms with van der Waals surface area (Å²) >= 11 is 0. The highest BCUT2D eigenvalue weighted by molar-refractivity contribution is 7.13. The lowest BCUT2D eigenvalue weighted by molar-refractivity contribution is 0.101. The normalized spacial score (nSPS) is 19.4. The van der Waals surface area contributed by atoms with Crippen molar-refractivity contribution in [3.8, 4) is 0 Å². The van der Waals surface area contributed by atoms with E-state index < -0.39 is 0 Å². The summed E-state index contributed by atoms with van der Waals surface area (Å²) < 4.78 is 0. The second kappa shape index (κ2) is 5.90. The Kier molecular flexibility index (Phi) is 6.06. The van der Waals surface area contributed by atoms with Gasteiger partial charge < -0.3 is 10.2 Å². The van der Waals surface area contributed by atoms with Crippen LogP contribution in [0, 0.1) is 5.92 Å². The van der Waals surface area contributed by atoms with Gasteiger partial charge in [0.1, 0.15) is 0 Å². The fourth-order valence-electron chi connectivity index (χ4n) is 0.802. The molecule has 3 N–H and O–H groups in total. The van der Waals surface area contributed by atoms with Crippen molar-refractivity contribution < 1.29 is 10.2 Å². The molecule has 0 spiro atoms. The predicted molar refractivity (Wildman–Crippen MR) is 49.2 cm³/mol. The first-order valence-electron chi connectivity index (χ1n) is 3.86. The van der Waals surface area contributed by atoms with Crippen LogP contribution >= 0.6 is 9.39 Å². The molecule has 0 amide bonds. The highest BCUT2D eigenvalue weighted by Gasteiger charge is 2.14. The molecule has 11 heavy (non-hydrogen) atoms. The molecule has 0 aliphatic carbocycles. The summed E-state index contributed by atoms with van der Waals surface area (Å²) in [5, 5.41) is 21.0. The molecule has 0 saturated carbocycles. The molecule has 0 heterocycles. The molecule has 3 nitrogen and oxygen atoms in total. The van der Waals surface area contributed by atoms with Crippen LogP contribution in [-0.4, -0.2) is 29.0 Å². The van der Waals surface area contributed by atoms with Crippen molar-refractivity contribution in [1.82, 2.24) is 5.09 Å². The average Bonchev–Trinajstić information content (AvgIpc) is 2.02. The molecule has 0 rings (SSSR count). The third kappa shape index (κ3) is 4.70. The Morgan fingerprint density at radius 3 is 2.36 bits per heavy atom. The Hall–Kier alpha value is 0.310. The summed E-state index contributed by atoms with van der Waals surface area (Å²) in [6, 6.07) is 0.0639. The number of aliphatic hydroxyl groups is 2. The lowest BCUT2D eigenvalue weighted by Gasteiger charge is -2.20. The van der Waals surface area contributed by atoms with Gasteiger partial charge >= 0.3 is 0 Å². The topological polar surface area (TPSA) is 52.5 Å². The van der Waals surface area contributed by atoms with Crippen molar-refractivity contribution in [3.63, 3.8) is 0 Å². The molecule has 0 saturated heterocycles. The number of rotatable bonds is 5. The number of nitrogens with one attached hydrogen (secondary N) is 1. The van der Waals surface area contributed by atoms with Crippen LogP contribution < -0.4 is 5.09 Å². The van der Waals surface area contributed by atoms with Crippen LogP contribution in [0.15, 0.2) is 0 Å². The van der Waals surface area contributed by atoms with Crippen LogP contribution in [0.2, 0.25) is 0 Å². The smallest absolute Gasteiger partial charge is 0.0696 e. The molecule has 0 aromatic carbocycles. The molecule has 0 aromatic heterocycles. The first-order chi connectivity index (χ1) is 5.11. The van der Waals surface area contributed by atoms with Gasteiger partial charge in [-0.3, -0.25) is 5.09 Å². The summed E-state index contributed by atoms with van der Waals surface area (Å²) in [5.74, 6) is 0.172. The maximum absolute atomic E-state index is 9.43. The summed E-state index contributed by atoms with van der Waals surface area (Å²) in [6.45, 7) is 3.96. The zero-order chi connectivity index (χ0) is 8.85. The van der Waals surface area contributed by atoms with E-state index in [4.69, 9.17) is 5.11 Å². The summed E-state index contributed by atoms with van der Waals surface area (Å²) in [7, 11) is 2.37. The van der Waals surface area contributed by atoms with E-state index in [1.54, 1.807) is 0 Å². The molecule has 0 fully saturated rings. The molecular weight excluding hydrogens is 161 g/mol. The summed E-state index contributed by atoms with van der Waals surface area (Å²) in [4.78, 5) is 0. The molecule has 68 valence electrons. The minimum atomic E-state index is -0.380. The lowest BCUT2D eigenvalue weighted by atomic mass is 10.0. The van der Waals surface area contributed by atoms with E-state index in [1.165, 1.54) is 0 Å². The maximum atomic E-state index is 9.43. The monoisotopic (exact) mass is 179 g/mol. The van der Waals surface area contributed by atoms with Gasteiger partial charge in [0.2, 0.25) is 0 Å². The molecule has 0 aliphatic heterocycles. The van der Waals surface area contributed by atoms with Crippen LogP contribution in [0.4, 0.5) is 0 Å². The van der Waals surface area contributed by atoms with Crippen molar-refractivity contribution in [2.24, 2.45) is 5.92 Å². The van der Waals surface area contributed by atoms with Gasteiger partial charge in [0.25, 0.3) is 0 Å². The zero-order valence-electron chi connectivity index (χ0n) is 7.12. The third-order valence-corrected chi connectivity index (χ3v) is 2.32. The predicted octanol–water partition coefficient (Wildman–Crippen LogP) is 0.134. The fourth-order valence-corrected chi connectivity index (χ4v) is 1.02. The average molecular weight is 179 g/mol. The quantitative estimate of drug-likeness (QED) is 0.526. The Bertz CT molecular complexity index is 102. The third-order valence-electron chi connectivity index (χ3n) is 1.80. The Morgan fingerprint density at radius 1 is 1.45 bits per heavy atom. The highest BCUT2D eigenvalue weighted by Crippen LogP contribution is 2.08. The van der Waals surface area contributed by atoms with Crippen LogP contribution in [-0.2, 0) is 0 Å². The van der Waals surface area contributed by atoms with E-state index >= 15 is 0 Å². The van der Waals surface area contributed by atoms with Crippen molar-refractivity contribution in [2.45, 2.75) is 32.4 Å². The fraction of sp³-hybridized carbons (Fsp3) is 1.00. The largest absolute Gasteiger partial charge is 0.396 e. The van der Waals surface area contributed by atoms with E-state index in [1.807, 2.05) is 13.8 Å². The van der Waals surface area contributed by atoms with Crippen molar-refractivity contribution >= 4 is 9.39 Å². The van der Waals surface area contributed by atoms with E-state index in [9.17, 15) is 5.11 Å². The van der Waals surface area contributed by atoms with Gasteiger partial charge in [0.05, 0.1) is 6.10 Å². The maximum Gasteiger partial charge on any atom is 0.0696 e. The molecular formula is C7H18NO2P. The molecule has 0 bridgehead atoms.